The number of benzene rings is 1. The summed E-state index contributed by atoms with van der Waals surface area (Å²) in [4.78, 5) is 41.6. The number of amides is 3. The topological polar surface area (TPSA) is 102 Å². The van der Waals surface area contributed by atoms with Crippen LogP contribution in [0.25, 0.3) is 10.1 Å². The van der Waals surface area contributed by atoms with Gasteiger partial charge >= 0.3 is 6.03 Å². The average Bonchev–Trinajstić information content (AvgIpc) is 3.51. The SMILES string of the molecule is Cc1ccc2cc(C(=O)N3CCC4(CCN(C(=O)n5ccc(C(N)=O)n5)CC4)C3)sc2c1. The number of hydrogen-bond acceptors (Lipinski definition) is 5. The molecule has 4 heterocycles. The third kappa shape index (κ3) is 3.66. The maximum Gasteiger partial charge on any atom is 0.344 e. The molecule has 0 bridgehead atoms. The summed E-state index contributed by atoms with van der Waals surface area (Å²) in [6.45, 7) is 4.75. The predicted molar refractivity (Wildman–Crippen MR) is 122 cm³/mol. The number of carbonyl (C=O) groups excluding carboxylic acids is 3. The van der Waals surface area contributed by atoms with E-state index in [0.717, 1.165) is 47.3 Å². The van der Waals surface area contributed by atoms with Crippen LogP contribution in [0, 0.1) is 12.3 Å². The summed E-state index contributed by atoms with van der Waals surface area (Å²) in [6, 6.07) is 9.46. The fourth-order valence-electron chi connectivity index (χ4n) is 4.80. The summed E-state index contributed by atoms with van der Waals surface area (Å²) in [7, 11) is 0. The molecule has 1 spiro atoms. The average molecular weight is 452 g/mol. The van der Waals surface area contributed by atoms with Gasteiger partial charge in [-0.1, -0.05) is 12.1 Å². The van der Waals surface area contributed by atoms with Crippen molar-refractivity contribution < 1.29 is 14.4 Å². The van der Waals surface area contributed by atoms with E-state index in [1.54, 1.807) is 16.2 Å². The Labute approximate surface area is 189 Å². The van der Waals surface area contributed by atoms with Gasteiger partial charge in [0.15, 0.2) is 5.69 Å². The zero-order valence-electron chi connectivity index (χ0n) is 17.9. The predicted octanol–water partition coefficient (Wildman–Crippen LogP) is 3.10. The molecule has 2 N–H and O–H groups in total. The first-order chi connectivity index (χ1) is 15.3. The number of rotatable bonds is 2. The quantitative estimate of drug-likeness (QED) is 0.647. The van der Waals surface area contributed by atoms with Crippen molar-refractivity contribution in [3.63, 3.8) is 0 Å². The van der Waals surface area contributed by atoms with Crippen LogP contribution in [0.15, 0.2) is 36.5 Å². The van der Waals surface area contributed by atoms with Crippen molar-refractivity contribution in [3.05, 3.63) is 52.7 Å². The van der Waals surface area contributed by atoms with Crippen molar-refractivity contribution in [2.75, 3.05) is 26.2 Å². The lowest BCUT2D eigenvalue weighted by molar-refractivity contribution is 0.0740. The molecule has 3 amide bonds. The Morgan fingerprint density at radius 3 is 2.44 bits per heavy atom. The monoisotopic (exact) mass is 451 g/mol. The van der Waals surface area contributed by atoms with E-state index in [1.807, 2.05) is 11.0 Å². The molecule has 32 heavy (non-hydrogen) atoms. The van der Waals surface area contributed by atoms with Crippen LogP contribution < -0.4 is 5.73 Å². The number of nitrogens with two attached hydrogens (primary N) is 1. The Hall–Kier alpha value is -3.20. The molecule has 166 valence electrons. The molecule has 2 aliphatic rings. The van der Waals surface area contributed by atoms with Gasteiger partial charge < -0.3 is 15.5 Å². The van der Waals surface area contributed by atoms with Crippen LogP contribution in [-0.2, 0) is 0 Å². The molecule has 3 aromatic rings. The number of piperidine rings is 1. The number of aromatic nitrogens is 2. The Balaban J connectivity index is 1.22. The highest BCUT2D eigenvalue weighted by Crippen LogP contribution is 2.41. The van der Waals surface area contributed by atoms with Crippen LogP contribution >= 0.6 is 11.3 Å². The maximum absolute atomic E-state index is 13.2. The molecule has 2 aliphatic heterocycles. The zero-order valence-corrected chi connectivity index (χ0v) is 18.7. The van der Waals surface area contributed by atoms with Gasteiger partial charge in [-0.15, -0.1) is 11.3 Å². The van der Waals surface area contributed by atoms with Crippen LogP contribution in [0.2, 0.25) is 0 Å². The fourth-order valence-corrected chi connectivity index (χ4v) is 5.92. The molecule has 0 unspecified atom stereocenters. The molecule has 0 atom stereocenters. The van der Waals surface area contributed by atoms with E-state index in [1.165, 1.54) is 22.5 Å². The van der Waals surface area contributed by atoms with E-state index < -0.39 is 5.91 Å². The minimum absolute atomic E-state index is 0.0577. The second-order valence-corrected chi connectivity index (χ2v) is 9.99. The van der Waals surface area contributed by atoms with Gasteiger partial charge in [-0.05, 0) is 60.7 Å². The molecule has 9 heteroatoms. The minimum atomic E-state index is -0.654. The van der Waals surface area contributed by atoms with Gasteiger partial charge in [-0.3, -0.25) is 9.59 Å². The van der Waals surface area contributed by atoms with Gasteiger partial charge in [0.1, 0.15) is 0 Å². The first kappa shape index (κ1) is 20.7. The van der Waals surface area contributed by atoms with Gasteiger partial charge in [0.05, 0.1) is 4.88 Å². The van der Waals surface area contributed by atoms with Gasteiger partial charge in [0.2, 0.25) is 0 Å². The molecule has 0 radical (unpaired) electrons. The summed E-state index contributed by atoms with van der Waals surface area (Å²) in [5.74, 6) is -0.548. The molecule has 0 saturated carbocycles. The molecule has 5 rings (SSSR count). The first-order valence-corrected chi connectivity index (χ1v) is 11.6. The number of thiophene rings is 1. The van der Waals surface area contributed by atoms with Crippen LogP contribution in [0.5, 0.6) is 0 Å². The van der Waals surface area contributed by atoms with Crippen LogP contribution in [0.3, 0.4) is 0 Å². The highest BCUT2D eigenvalue weighted by molar-refractivity contribution is 7.20. The summed E-state index contributed by atoms with van der Waals surface area (Å²) >= 11 is 1.56. The summed E-state index contributed by atoms with van der Waals surface area (Å²) in [5, 5.41) is 5.08. The normalized spacial score (nSPS) is 17.9. The lowest BCUT2D eigenvalue weighted by Gasteiger charge is -2.38. The van der Waals surface area contributed by atoms with Crippen molar-refractivity contribution in [1.82, 2.24) is 19.6 Å². The Morgan fingerprint density at radius 2 is 1.75 bits per heavy atom. The van der Waals surface area contributed by atoms with E-state index in [-0.39, 0.29) is 23.0 Å². The molecule has 1 aromatic carbocycles. The molecule has 2 saturated heterocycles. The van der Waals surface area contributed by atoms with Crippen molar-refractivity contribution in [2.45, 2.75) is 26.2 Å². The second kappa shape index (κ2) is 7.74. The van der Waals surface area contributed by atoms with Crippen molar-refractivity contribution in [3.8, 4) is 0 Å². The van der Waals surface area contributed by atoms with Crippen molar-refractivity contribution in [1.29, 1.82) is 0 Å². The number of carbonyl (C=O) groups is 3. The zero-order chi connectivity index (χ0) is 22.5. The first-order valence-electron chi connectivity index (χ1n) is 10.8. The Morgan fingerprint density at radius 1 is 1.03 bits per heavy atom. The largest absolute Gasteiger partial charge is 0.364 e. The number of likely N-dealkylation sites (tertiary alicyclic amines) is 2. The maximum atomic E-state index is 13.2. The third-order valence-corrected chi connectivity index (χ3v) is 7.83. The number of fused-ring (bicyclic) bond motifs is 1. The van der Waals surface area contributed by atoms with E-state index >= 15 is 0 Å². The van der Waals surface area contributed by atoms with E-state index in [9.17, 15) is 14.4 Å². The third-order valence-electron chi connectivity index (χ3n) is 6.74. The van der Waals surface area contributed by atoms with Gasteiger partial charge in [-0.2, -0.15) is 9.78 Å². The highest BCUT2D eigenvalue weighted by Gasteiger charge is 2.43. The lowest BCUT2D eigenvalue weighted by Crippen LogP contribution is -2.46. The Bertz CT molecular complexity index is 1220. The molecular formula is C23H25N5O3S. The number of nitrogens with zero attached hydrogens (tertiary/aromatic N) is 4. The van der Waals surface area contributed by atoms with E-state index in [4.69, 9.17) is 5.73 Å². The highest BCUT2D eigenvalue weighted by atomic mass is 32.1. The number of aryl methyl sites for hydroxylation is 1. The minimum Gasteiger partial charge on any atom is -0.364 e. The Kier molecular flexibility index (Phi) is 5.00. The van der Waals surface area contributed by atoms with Crippen molar-refractivity contribution in [2.24, 2.45) is 11.1 Å². The molecule has 2 fully saturated rings. The molecule has 2 aromatic heterocycles. The number of hydrogen-bond donors (Lipinski definition) is 1. The second-order valence-electron chi connectivity index (χ2n) is 8.91. The lowest BCUT2D eigenvalue weighted by atomic mass is 9.78. The van der Waals surface area contributed by atoms with E-state index in [2.05, 4.69) is 30.2 Å². The molecule has 8 nitrogen and oxygen atoms in total. The van der Waals surface area contributed by atoms with Crippen LogP contribution in [0.1, 0.15) is 45.0 Å². The van der Waals surface area contributed by atoms with Gasteiger partial charge in [-0.25, -0.2) is 4.79 Å². The van der Waals surface area contributed by atoms with Gasteiger partial charge in [0.25, 0.3) is 11.8 Å². The standard InChI is InChI=1S/C23H25N5O3S/c1-15-2-3-16-13-19(32-18(16)12-15)21(30)27-11-7-23(14-27)5-9-26(10-6-23)22(31)28-8-4-17(25-28)20(24)29/h2-4,8,12-13H,5-7,9-11,14H2,1H3,(H2,24,29). The number of primary amides is 1. The van der Waals surface area contributed by atoms with Crippen molar-refractivity contribution >= 4 is 39.3 Å². The summed E-state index contributed by atoms with van der Waals surface area (Å²) < 4.78 is 2.32. The smallest absolute Gasteiger partial charge is 0.344 e. The summed E-state index contributed by atoms with van der Waals surface area (Å²) in [5.41, 5.74) is 6.55. The summed E-state index contributed by atoms with van der Waals surface area (Å²) in [6.07, 6.45) is 4.11. The molecule has 0 aliphatic carbocycles. The fraction of sp³-hybridized carbons (Fsp3) is 0.391. The molecular weight excluding hydrogens is 426 g/mol. The van der Waals surface area contributed by atoms with Crippen LogP contribution in [0.4, 0.5) is 4.79 Å². The van der Waals surface area contributed by atoms with Gasteiger partial charge in [0, 0.05) is 37.1 Å². The van der Waals surface area contributed by atoms with Crippen LogP contribution in [-0.4, -0.2) is 63.6 Å². The van der Waals surface area contributed by atoms with E-state index in [0.29, 0.717) is 13.1 Å².